The first-order valence-electron chi connectivity index (χ1n) is 5.81. The van der Waals surface area contributed by atoms with Crippen LogP contribution in [0.5, 0.6) is 0 Å². The van der Waals surface area contributed by atoms with Crippen LogP contribution in [0.1, 0.15) is 12.8 Å². The van der Waals surface area contributed by atoms with E-state index >= 15 is 0 Å². The molecule has 5 heteroatoms. The highest BCUT2D eigenvalue weighted by molar-refractivity contribution is 7.22. The third-order valence-electron chi connectivity index (χ3n) is 2.96. The second kappa shape index (κ2) is 4.50. The molecular formula is C12H15N3OS. The first-order valence-corrected chi connectivity index (χ1v) is 6.63. The third kappa shape index (κ3) is 2.35. The van der Waals surface area contributed by atoms with E-state index in [9.17, 15) is 0 Å². The Labute approximate surface area is 104 Å². The molecule has 3 N–H and O–H groups in total. The number of benzene rings is 1. The van der Waals surface area contributed by atoms with Crippen molar-refractivity contribution in [3.63, 3.8) is 0 Å². The summed E-state index contributed by atoms with van der Waals surface area (Å²) in [5, 5.41) is 4.46. The second-order valence-electron chi connectivity index (χ2n) is 4.28. The first kappa shape index (κ1) is 10.8. The molecule has 1 saturated heterocycles. The second-order valence-corrected chi connectivity index (χ2v) is 5.31. The number of nitrogens with zero attached hydrogens (tertiary/aromatic N) is 1. The number of thiazole rings is 1. The number of aromatic nitrogens is 1. The van der Waals surface area contributed by atoms with Gasteiger partial charge in [0.15, 0.2) is 5.13 Å². The van der Waals surface area contributed by atoms with Gasteiger partial charge in [0.25, 0.3) is 0 Å². The number of rotatable bonds is 2. The van der Waals surface area contributed by atoms with Crippen molar-refractivity contribution in [2.24, 2.45) is 0 Å². The molecule has 1 aromatic heterocycles. The summed E-state index contributed by atoms with van der Waals surface area (Å²) < 4.78 is 6.48. The summed E-state index contributed by atoms with van der Waals surface area (Å²) in [5.74, 6) is 0. The summed E-state index contributed by atoms with van der Waals surface area (Å²) in [6.45, 7) is 1.69. The average molecular weight is 249 g/mol. The van der Waals surface area contributed by atoms with E-state index in [1.165, 1.54) is 0 Å². The number of nitrogens with two attached hydrogens (primary N) is 1. The van der Waals surface area contributed by atoms with Crippen molar-refractivity contribution in [2.75, 3.05) is 24.3 Å². The number of fused-ring (bicyclic) bond motifs is 1. The van der Waals surface area contributed by atoms with Gasteiger partial charge in [0.2, 0.25) is 0 Å². The molecule has 0 spiro atoms. The number of nitrogen functional groups attached to an aromatic ring is 1. The Morgan fingerprint density at radius 3 is 3.00 bits per heavy atom. The molecule has 2 heterocycles. The van der Waals surface area contributed by atoms with E-state index in [4.69, 9.17) is 10.5 Å². The van der Waals surface area contributed by atoms with Gasteiger partial charge >= 0.3 is 0 Å². The minimum absolute atomic E-state index is 0.488. The van der Waals surface area contributed by atoms with E-state index in [0.29, 0.717) is 6.04 Å². The Bertz CT molecular complexity index is 519. The van der Waals surface area contributed by atoms with Gasteiger partial charge in [-0.1, -0.05) is 11.3 Å². The smallest absolute Gasteiger partial charge is 0.184 e. The Hall–Kier alpha value is -1.33. The molecule has 1 aliphatic rings. The maximum atomic E-state index is 5.76. The zero-order chi connectivity index (χ0) is 11.7. The van der Waals surface area contributed by atoms with E-state index in [0.717, 1.165) is 47.1 Å². The van der Waals surface area contributed by atoms with Gasteiger partial charge in [0.1, 0.15) is 0 Å². The molecule has 90 valence electrons. The molecule has 1 fully saturated rings. The molecule has 3 rings (SSSR count). The number of ether oxygens (including phenoxy) is 1. The first-order chi connectivity index (χ1) is 8.31. The van der Waals surface area contributed by atoms with Gasteiger partial charge in [-0.3, -0.25) is 0 Å². The van der Waals surface area contributed by atoms with Crippen molar-refractivity contribution >= 4 is 32.4 Å². The van der Waals surface area contributed by atoms with Crippen LogP contribution in [0.2, 0.25) is 0 Å². The number of hydrogen-bond acceptors (Lipinski definition) is 5. The SMILES string of the molecule is Nc1ccc2nc(NC3CCOCC3)sc2c1. The lowest BCUT2D eigenvalue weighted by atomic mass is 10.1. The van der Waals surface area contributed by atoms with Gasteiger partial charge in [-0.2, -0.15) is 0 Å². The summed E-state index contributed by atoms with van der Waals surface area (Å²) in [7, 11) is 0. The Balaban J connectivity index is 1.80. The van der Waals surface area contributed by atoms with Gasteiger partial charge in [-0.05, 0) is 31.0 Å². The van der Waals surface area contributed by atoms with E-state index in [-0.39, 0.29) is 0 Å². The van der Waals surface area contributed by atoms with Crippen LogP contribution < -0.4 is 11.1 Å². The molecule has 0 bridgehead atoms. The van der Waals surface area contributed by atoms with Gasteiger partial charge in [0, 0.05) is 24.9 Å². The molecular weight excluding hydrogens is 234 g/mol. The van der Waals surface area contributed by atoms with Crippen molar-refractivity contribution in [1.82, 2.24) is 4.98 Å². The van der Waals surface area contributed by atoms with E-state index < -0.39 is 0 Å². The number of hydrogen-bond donors (Lipinski definition) is 2. The maximum absolute atomic E-state index is 5.76. The molecule has 0 unspecified atom stereocenters. The van der Waals surface area contributed by atoms with E-state index in [2.05, 4.69) is 10.3 Å². The largest absolute Gasteiger partial charge is 0.399 e. The van der Waals surface area contributed by atoms with Crippen LogP contribution >= 0.6 is 11.3 Å². The third-order valence-corrected chi connectivity index (χ3v) is 3.91. The summed E-state index contributed by atoms with van der Waals surface area (Å²) in [5.41, 5.74) is 7.56. The van der Waals surface area contributed by atoms with Gasteiger partial charge in [-0.15, -0.1) is 0 Å². The number of anilines is 2. The van der Waals surface area contributed by atoms with Crippen LogP contribution in [-0.4, -0.2) is 24.2 Å². The minimum atomic E-state index is 0.488. The average Bonchev–Trinajstić information content (AvgIpc) is 2.71. The highest BCUT2D eigenvalue weighted by atomic mass is 32.1. The molecule has 4 nitrogen and oxygen atoms in total. The van der Waals surface area contributed by atoms with E-state index in [1.807, 2.05) is 18.2 Å². The van der Waals surface area contributed by atoms with Gasteiger partial charge in [0.05, 0.1) is 10.2 Å². The molecule has 0 saturated carbocycles. The summed E-state index contributed by atoms with van der Waals surface area (Å²) in [6, 6.07) is 6.32. The van der Waals surface area contributed by atoms with Crippen molar-refractivity contribution < 1.29 is 4.74 Å². The maximum Gasteiger partial charge on any atom is 0.184 e. The zero-order valence-corrected chi connectivity index (χ0v) is 10.3. The lowest BCUT2D eigenvalue weighted by Crippen LogP contribution is -2.27. The fourth-order valence-corrected chi connectivity index (χ4v) is 3.01. The Morgan fingerprint density at radius 1 is 1.35 bits per heavy atom. The Morgan fingerprint density at radius 2 is 2.18 bits per heavy atom. The number of nitrogens with one attached hydrogen (secondary N) is 1. The van der Waals surface area contributed by atoms with Crippen molar-refractivity contribution in [3.05, 3.63) is 18.2 Å². The normalized spacial score (nSPS) is 17.4. The van der Waals surface area contributed by atoms with Crippen LogP contribution in [0, 0.1) is 0 Å². The molecule has 0 radical (unpaired) electrons. The van der Waals surface area contributed by atoms with Crippen LogP contribution in [0.25, 0.3) is 10.2 Å². The van der Waals surface area contributed by atoms with Crippen LogP contribution in [0.4, 0.5) is 10.8 Å². The van der Waals surface area contributed by atoms with Crippen molar-refractivity contribution in [3.8, 4) is 0 Å². The van der Waals surface area contributed by atoms with Crippen LogP contribution in [-0.2, 0) is 4.74 Å². The molecule has 2 aromatic rings. The highest BCUT2D eigenvalue weighted by Gasteiger charge is 2.15. The minimum Gasteiger partial charge on any atom is -0.399 e. The predicted octanol–water partition coefficient (Wildman–Crippen LogP) is 2.47. The molecule has 1 aliphatic heterocycles. The van der Waals surface area contributed by atoms with Gasteiger partial charge in [-0.25, -0.2) is 4.98 Å². The monoisotopic (exact) mass is 249 g/mol. The molecule has 0 amide bonds. The van der Waals surface area contributed by atoms with Gasteiger partial charge < -0.3 is 15.8 Å². The molecule has 0 atom stereocenters. The summed E-state index contributed by atoms with van der Waals surface area (Å²) in [4.78, 5) is 4.56. The van der Waals surface area contributed by atoms with Crippen LogP contribution in [0.3, 0.4) is 0 Å². The van der Waals surface area contributed by atoms with Crippen LogP contribution in [0.15, 0.2) is 18.2 Å². The van der Waals surface area contributed by atoms with E-state index in [1.54, 1.807) is 11.3 Å². The highest BCUT2D eigenvalue weighted by Crippen LogP contribution is 2.28. The quantitative estimate of drug-likeness (QED) is 0.803. The van der Waals surface area contributed by atoms with Crippen molar-refractivity contribution in [2.45, 2.75) is 18.9 Å². The summed E-state index contributed by atoms with van der Waals surface area (Å²) >= 11 is 1.66. The Kier molecular flexibility index (Phi) is 2.86. The topological polar surface area (TPSA) is 60.2 Å². The fourth-order valence-electron chi connectivity index (χ4n) is 2.02. The zero-order valence-electron chi connectivity index (χ0n) is 9.48. The standard InChI is InChI=1S/C12H15N3OS/c13-8-1-2-10-11(7-8)17-12(15-10)14-9-3-5-16-6-4-9/h1-2,7,9H,3-6,13H2,(H,14,15). The molecule has 0 aliphatic carbocycles. The predicted molar refractivity (Wildman–Crippen MR) is 71.5 cm³/mol. The summed E-state index contributed by atoms with van der Waals surface area (Å²) in [6.07, 6.45) is 2.11. The fraction of sp³-hybridized carbons (Fsp3) is 0.417. The van der Waals surface area contributed by atoms with Crippen molar-refractivity contribution in [1.29, 1.82) is 0 Å². The lowest BCUT2D eigenvalue weighted by Gasteiger charge is -2.22. The molecule has 1 aromatic carbocycles. The lowest BCUT2D eigenvalue weighted by molar-refractivity contribution is 0.0904. The molecule has 17 heavy (non-hydrogen) atoms.